The average molecular weight is 242 g/mol. The summed E-state index contributed by atoms with van der Waals surface area (Å²) in [6.45, 7) is 8.29. The number of nitrogens with one attached hydrogen (secondary N) is 1. The molecule has 1 aliphatic rings. The number of methoxy groups -OCH3 is 1. The summed E-state index contributed by atoms with van der Waals surface area (Å²) in [5.41, 5.74) is 0. The number of esters is 1. The molecule has 0 saturated heterocycles. The third-order valence-electron chi connectivity index (χ3n) is 3.76. The highest BCUT2D eigenvalue weighted by Crippen LogP contribution is 2.30. The predicted molar refractivity (Wildman–Crippen MR) is 68.9 cm³/mol. The Kier molecular flexibility index (Phi) is 6.52. The first-order chi connectivity index (χ1) is 8.22. The van der Waals surface area contributed by atoms with Gasteiger partial charge in [0.05, 0.1) is 7.11 Å². The van der Waals surface area contributed by atoms with Crippen LogP contribution in [-0.4, -0.2) is 50.2 Å². The molecule has 4 nitrogen and oxygen atoms in total. The second kappa shape index (κ2) is 7.67. The van der Waals surface area contributed by atoms with E-state index in [-0.39, 0.29) is 12.0 Å². The maximum Gasteiger partial charge on any atom is 0.323 e. The molecule has 0 aromatic carbocycles. The Morgan fingerprint density at radius 2 is 2.06 bits per heavy atom. The number of carbonyl (C=O) groups excluding carboxylic acids is 1. The van der Waals surface area contributed by atoms with Crippen LogP contribution < -0.4 is 5.32 Å². The summed E-state index contributed by atoms with van der Waals surface area (Å²) in [5.74, 6) is 0.383. The van der Waals surface area contributed by atoms with Gasteiger partial charge in [0.2, 0.25) is 0 Å². The highest BCUT2D eigenvalue weighted by atomic mass is 16.5. The third kappa shape index (κ3) is 4.28. The molecule has 17 heavy (non-hydrogen) atoms. The second-order valence-electron chi connectivity index (χ2n) is 4.67. The van der Waals surface area contributed by atoms with E-state index in [0.29, 0.717) is 5.92 Å². The van der Waals surface area contributed by atoms with Crippen LogP contribution in [-0.2, 0) is 9.53 Å². The first-order valence-corrected chi connectivity index (χ1v) is 6.76. The zero-order valence-electron chi connectivity index (χ0n) is 11.4. The molecule has 0 bridgehead atoms. The highest BCUT2D eigenvalue weighted by Gasteiger charge is 2.32. The first-order valence-electron chi connectivity index (χ1n) is 6.76. The Labute approximate surface area is 105 Å². The zero-order valence-corrected chi connectivity index (χ0v) is 11.4. The van der Waals surface area contributed by atoms with Crippen molar-refractivity contribution in [1.82, 2.24) is 10.2 Å². The summed E-state index contributed by atoms with van der Waals surface area (Å²) in [5, 5.41) is 3.36. The Balaban J connectivity index is 2.31. The van der Waals surface area contributed by atoms with E-state index in [1.807, 2.05) is 0 Å². The number of nitrogens with zero attached hydrogens (tertiary/aromatic N) is 1. The van der Waals surface area contributed by atoms with Gasteiger partial charge in [-0.25, -0.2) is 0 Å². The van der Waals surface area contributed by atoms with Gasteiger partial charge < -0.3 is 15.0 Å². The first kappa shape index (κ1) is 14.5. The fraction of sp³-hybridized carbons (Fsp3) is 0.923. The van der Waals surface area contributed by atoms with Crippen LogP contribution in [0.4, 0.5) is 0 Å². The van der Waals surface area contributed by atoms with Crippen LogP contribution in [0.2, 0.25) is 0 Å². The van der Waals surface area contributed by atoms with Gasteiger partial charge in [0.1, 0.15) is 6.04 Å². The quantitative estimate of drug-likeness (QED) is 0.651. The van der Waals surface area contributed by atoms with E-state index in [4.69, 9.17) is 4.74 Å². The van der Waals surface area contributed by atoms with E-state index in [1.165, 1.54) is 13.5 Å². The molecule has 0 aliphatic heterocycles. The maximum absolute atomic E-state index is 11.7. The lowest BCUT2D eigenvalue weighted by Gasteiger charge is -2.33. The van der Waals surface area contributed by atoms with Crippen molar-refractivity contribution in [1.29, 1.82) is 0 Å². The fourth-order valence-electron chi connectivity index (χ4n) is 2.26. The molecule has 1 unspecified atom stereocenters. The number of likely N-dealkylation sites (N-methyl/N-ethyl adjacent to an activating group) is 1. The number of hydrogen-bond acceptors (Lipinski definition) is 4. The lowest BCUT2D eigenvalue weighted by molar-refractivity contribution is -0.145. The molecule has 0 heterocycles. The van der Waals surface area contributed by atoms with Crippen molar-refractivity contribution >= 4 is 5.97 Å². The molecule has 1 aliphatic carbocycles. The van der Waals surface area contributed by atoms with E-state index in [2.05, 4.69) is 24.1 Å². The smallest absolute Gasteiger partial charge is 0.323 e. The van der Waals surface area contributed by atoms with E-state index >= 15 is 0 Å². The van der Waals surface area contributed by atoms with Crippen molar-refractivity contribution in [3.8, 4) is 0 Å². The molecular formula is C13H26N2O2. The SMILES string of the molecule is CCN(CC)CCNC(C(=O)OC)C1CCC1. The molecule has 0 amide bonds. The predicted octanol–water partition coefficient (Wildman–Crippen LogP) is 1.26. The standard InChI is InChI=1S/C13H26N2O2/c1-4-15(5-2)10-9-14-12(13(16)17-3)11-7-6-8-11/h11-12,14H,4-10H2,1-3H3. The molecular weight excluding hydrogens is 216 g/mol. The molecule has 0 aromatic heterocycles. The van der Waals surface area contributed by atoms with Gasteiger partial charge in [0.25, 0.3) is 0 Å². The summed E-state index contributed by atoms with van der Waals surface area (Å²) < 4.78 is 4.86. The van der Waals surface area contributed by atoms with Gasteiger partial charge in [0, 0.05) is 13.1 Å². The summed E-state index contributed by atoms with van der Waals surface area (Å²) in [4.78, 5) is 14.0. The van der Waals surface area contributed by atoms with Crippen LogP contribution in [0.1, 0.15) is 33.1 Å². The fourth-order valence-corrected chi connectivity index (χ4v) is 2.26. The molecule has 1 N–H and O–H groups in total. The molecule has 1 fully saturated rings. The van der Waals surface area contributed by atoms with Gasteiger partial charge in [0.15, 0.2) is 0 Å². The van der Waals surface area contributed by atoms with Gasteiger partial charge in [-0.2, -0.15) is 0 Å². The molecule has 4 heteroatoms. The lowest BCUT2D eigenvalue weighted by Crippen LogP contribution is -2.48. The number of hydrogen-bond donors (Lipinski definition) is 1. The summed E-state index contributed by atoms with van der Waals surface area (Å²) in [7, 11) is 1.47. The largest absolute Gasteiger partial charge is 0.468 e. The van der Waals surface area contributed by atoms with E-state index < -0.39 is 0 Å². The molecule has 100 valence electrons. The van der Waals surface area contributed by atoms with Gasteiger partial charge in [-0.3, -0.25) is 4.79 Å². The minimum Gasteiger partial charge on any atom is -0.468 e. The molecule has 0 radical (unpaired) electrons. The van der Waals surface area contributed by atoms with Crippen molar-refractivity contribution in [3.63, 3.8) is 0 Å². The number of ether oxygens (including phenoxy) is 1. The van der Waals surface area contributed by atoms with Gasteiger partial charge in [-0.05, 0) is 31.8 Å². The Morgan fingerprint density at radius 1 is 1.41 bits per heavy atom. The van der Waals surface area contributed by atoms with Gasteiger partial charge >= 0.3 is 5.97 Å². The topological polar surface area (TPSA) is 41.6 Å². The molecule has 1 rings (SSSR count). The molecule has 1 atom stereocenters. The minimum atomic E-state index is -0.103. The molecule has 1 saturated carbocycles. The summed E-state index contributed by atoms with van der Waals surface area (Å²) in [6, 6.07) is -0.0932. The number of carbonyl (C=O) groups is 1. The maximum atomic E-state index is 11.7. The zero-order chi connectivity index (χ0) is 12.7. The normalized spacial score (nSPS) is 17.9. The van der Waals surface area contributed by atoms with Crippen LogP contribution in [0.3, 0.4) is 0 Å². The average Bonchev–Trinajstić information content (AvgIpc) is 2.29. The van der Waals surface area contributed by atoms with Gasteiger partial charge in [-0.1, -0.05) is 20.3 Å². The highest BCUT2D eigenvalue weighted by molar-refractivity contribution is 5.76. The Hall–Kier alpha value is -0.610. The van der Waals surface area contributed by atoms with E-state index in [1.54, 1.807) is 0 Å². The Bertz CT molecular complexity index is 225. The second-order valence-corrected chi connectivity index (χ2v) is 4.67. The van der Waals surface area contributed by atoms with E-state index in [0.717, 1.165) is 39.0 Å². The monoisotopic (exact) mass is 242 g/mol. The Morgan fingerprint density at radius 3 is 2.47 bits per heavy atom. The van der Waals surface area contributed by atoms with Crippen molar-refractivity contribution in [2.75, 3.05) is 33.3 Å². The van der Waals surface area contributed by atoms with E-state index in [9.17, 15) is 4.79 Å². The summed E-state index contributed by atoms with van der Waals surface area (Å²) >= 11 is 0. The van der Waals surface area contributed by atoms with Crippen molar-refractivity contribution in [2.45, 2.75) is 39.2 Å². The van der Waals surface area contributed by atoms with Crippen LogP contribution in [0.15, 0.2) is 0 Å². The summed E-state index contributed by atoms with van der Waals surface area (Å²) in [6.07, 6.45) is 3.55. The minimum absolute atomic E-state index is 0.0932. The van der Waals surface area contributed by atoms with Crippen LogP contribution in [0.5, 0.6) is 0 Å². The molecule has 0 aromatic rings. The van der Waals surface area contributed by atoms with Crippen LogP contribution in [0, 0.1) is 5.92 Å². The van der Waals surface area contributed by atoms with Crippen molar-refractivity contribution < 1.29 is 9.53 Å². The lowest BCUT2D eigenvalue weighted by atomic mass is 9.79. The third-order valence-corrected chi connectivity index (χ3v) is 3.76. The number of rotatable bonds is 8. The van der Waals surface area contributed by atoms with Crippen LogP contribution >= 0.6 is 0 Å². The van der Waals surface area contributed by atoms with Crippen molar-refractivity contribution in [2.24, 2.45) is 5.92 Å². The van der Waals surface area contributed by atoms with Crippen LogP contribution in [0.25, 0.3) is 0 Å². The van der Waals surface area contributed by atoms with Gasteiger partial charge in [-0.15, -0.1) is 0 Å². The van der Waals surface area contributed by atoms with Crippen molar-refractivity contribution in [3.05, 3.63) is 0 Å². The molecule has 0 spiro atoms.